The summed E-state index contributed by atoms with van der Waals surface area (Å²) in [6.07, 6.45) is 3.47. The molecule has 0 bridgehead atoms. The van der Waals surface area contributed by atoms with Crippen molar-refractivity contribution in [1.29, 1.82) is 0 Å². The lowest BCUT2D eigenvalue weighted by atomic mass is 10.1. The third-order valence-electron chi connectivity index (χ3n) is 2.09. The highest BCUT2D eigenvalue weighted by molar-refractivity contribution is 8.00. The molecule has 0 aliphatic carbocycles. The molecule has 0 amide bonds. The van der Waals surface area contributed by atoms with E-state index in [1.165, 1.54) is 20.0 Å². The average Bonchev–Trinajstić information content (AvgIpc) is 2.17. The van der Waals surface area contributed by atoms with E-state index in [2.05, 4.69) is 4.74 Å². The summed E-state index contributed by atoms with van der Waals surface area (Å²) in [4.78, 5) is 11.1. The Morgan fingerprint density at radius 2 is 2.42 bits per heavy atom. The zero-order chi connectivity index (χ0) is 8.97. The fourth-order valence-corrected chi connectivity index (χ4v) is 2.66. The van der Waals surface area contributed by atoms with Crippen LogP contribution < -0.4 is 5.73 Å². The van der Waals surface area contributed by atoms with Gasteiger partial charge < -0.3 is 10.5 Å². The second kappa shape index (κ2) is 4.72. The van der Waals surface area contributed by atoms with Crippen LogP contribution in [-0.4, -0.2) is 30.1 Å². The number of ether oxygens (including phenoxy) is 1. The molecule has 0 saturated carbocycles. The first-order valence-electron chi connectivity index (χ1n) is 4.20. The highest BCUT2D eigenvalue weighted by Gasteiger charge is 2.27. The van der Waals surface area contributed by atoms with E-state index in [0.717, 1.165) is 12.2 Å². The Morgan fingerprint density at radius 3 is 2.92 bits per heavy atom. The van der Waals surface area contributed by atoms with Crippen LogP contribution in [0.25, 0.3) is 0 Å². The topological polar surface area (TPSA) is 52.3 Å². The number of methoxy groups -OCH3 is 1. The molecule has 70 valence electrons. The van der Waals surface area contributed by atoms with Crippen LogP contribution in [0, 0.1) is 0 Å². The fourth-order valence-electron chi connectivity index (χ4n) is 1.34. The molecule has 1 rings (SSSR count). The van der Waals surface area contributed by atoms with Gasteiger partial charge in [0.15, 0.2) is 0 Å². The molecule has 0 aromatic heterocycles. The maximum atomic E-state index is 11.1. The second-order valence-electron chi connectivity index (χ2n) is 2.95. The molecule has 1 heterocycles. The summed E-state index contributed by atoms with van der Waals surface area (Å²) >= 11 is 1.79. The summed E-state index contributed by atoms with van der Waals surface area (Å²) in [6, 6.07) is -0.430. The van der Waals surface area contributed by atoms with Gasteiger partial charge in [-0.25, -0.2) is 0 Å². The first-order chi connectivity index (χ1) is 5.75. The number of carbonyl (C=O) groups is 1. The van der Waals surface area contributed by atoms with Gasteiger partial charge in [-0.1, -0.05) is 6.42 Å². The van der Waals surface area contributed by atoms with Crippen molar-refractivity contribution in [3.8, 4) is 0 Å². The summed E-state index contributed by atoms with van der Waals surface area (Å²) < 4.78 is 4.59. The number of esters is 1. The molecule has 0 aromatic rings. The zero-order valence-electron chi connectivity index (χ0n) is 7.29. The summed E-state index contributed by atoms with van der Waals surface area (Å²) in [6.45, 7) is 0. The van der Waals surface area contributed by atoms with Gasteiger partial charge in [-0.2, -0.15) is 11.8 Å². The van der Waals surface area contributed by atoms with Crippen LogP contribution in [0.4, 0.5) is 0 Å². The number of thioether (sulfide) groups is 1. The minimum Gasteiger partial charge on any atom is -0.468 e. The molecule has 0 aromatic carbocycles. The number of hydrogen-bond acceptors (Lipinski definition) is 4. The van der Waals surface area contributed by atoms with Gasteiger partial charge in [0.05, 0.1) is 7.11 Å². The molecule has 2 atom stereocenters. The third kappa shape index (κ3) is 2.38. The van der Waals surface area contributed by atoms with Crippen molar-refractivity contribution in [3.63, 3.8) is 0 Å². The molecule has 4 heteroatoms. The summed E-state index contributed by atoms with van der Waals surface area (Å²) in [7, 11) is 1.38. The number of hydrogen-bond donors (Lipinski definition) is 1. The van der Waals surface area contributed by atoms with E-state index in [1.807, 2.05) is 0 Å². The van der Waals surface area contributed by atoms with Crippen molar-refractivity contribution in [2.75, 3.05) is 12.9 Å². The molecular weight excluding hydrogens is 174 g/mol. The Kier molecular flexibility index (Phi) is 3.88. The van der Waals surface area contributed by atoms with Gasteiger partial charge in [-0.05, 0) is 18.6 Å². The smallest absolute Gasteiger partial charge is 0.323 e. The zero-order valence-corrected chi connectivity index (χ0v) is 8.10. The van der Waals surface area contributed by atoms with Gasteiger partial charge in [-0.15, -0.1) is 0 Å². The Hall–Kier alpha value is -0.220. The highest BCUT2D eigenvalue weighted by atomic mass is 32.2. The molecule has 12 heavy (non-hydrogen) atoms. The van der Waals surface area contributed by atoms with Crippen LogP contribution in [0.3, 0.4) is 0 Å². The molecular formula is C8H15NO2S. The molecule has 1 aliphatic heterocycles. The average molecular weight is 189 g/mol. The normalized spacial score (nSPS) is 26.3. The minimum atomic E-state index is -0.430. The Balaban J connectivity index is 2.39. The van der Waals surface area contributed by atoms with Gasteiger partial charge in [-0.3, -0.25) is 4.79 Å². The van der Waals surface area contributed by atoms with E-state index < -0.39 is 6.04 Å². The maximum Gasteiger partial charge on any atom is 0.323 e. The minimum absolute atomic E-state index is 0.270. The van der Waals surface area contributed by atoms with Crippen LogP contribution >= 0.6 is 11.8 Å². The van der Waals surface area contributed by atoms with Crippen molar-refractivity contribution in [1.82, 2.24) is 0 Å². The molecule has 1 aliphatic rings. The van der Waals surface area contributed by atoms with Crippen LogP contribution in [0.15, 0.2) is 0 Å². The lowest BCUT2D eigenvalue weighted by molar-refractivity contribution is -0.142. The maximum absolute atomic E-state index is 11.1. The lowest BCUT2D eigenvalue weighted by Crippen LogP contribution is -2.42. The predicted octanol–water partition coefficient (Wildman–Crippen LogP) is 0.772. The first-order valence-corrected chi connectivity index (χ1v) is 5.25. The molecule has 0 radical (unpaired) electrons. The van der Waals surface area contributed by atoms with E-state index >= 15 is 0 Å². The van der Waals surface area contributed by atoms with Crippen molar-refractivity contribution < 1.29 is 9.53 Å². The number of rotatable bonds is 2. The molecule has 1 fully saturated rings. The first kappa shape index (κ1) is 9.86. The van der Waals surface area contributed by atoms with E-state index in [9.17, 15) is 4.79 Å². The van der Waals surface area contributed by atoms with Gasteiger partial charge in [0.1, 0.15) is 6.04 Å². The second-order valence-corrected chi connectivity index (χ2v) is 4.30. The number of carbonyl (C=O) groups excluding carboxylic acids is 1. The van der Waals surface area contributed by atoms with E-state index in [0.29, 0.717) is 0 Å². The van der Waals surface area contributed by atoms with Gasteiger partial charge in [0, 0.05) is 5.25 Å². The molecule has 0 spiro atoms. The fraction of sp³-hybridized carbons (Fsp3) is 0.875. The predicted molar refractivity (Wildman–Crippen MR) is 50.1 cm³/mol. The Bertz CT molecular complexity index is 157. The Labute approximate surface area is 77.0 Å². The van der Waals surface area contributed by atoms with Gasteiger partial charge in [0.2, 0.25) is 0 Å². The van der Waals surface area contributed by atoms with Crippen LogP contribution in [0.2, 0.25) is 0 Å². The SMILES string of the molecule is COC(=O)C(N)C1CCCCS1. The van der Waals surface area contributed by atoms with Crippen molar-refractivity contribution in [2.45, 2.75) is 30.6 Å². The lowest BCUT2D eigenvalue weighted by Gasteiger charge is -2.24. The van der Waals surface area contributed by atoms with Crippen LogP contribution in [0.5, 0.6) is 0 Å². The number of nitrogens with two attached hydrogens (primary N) is 1. The third-order valence-corrected chi connectivity index (χ3v) is 3.57. The largest absolute Gasteiger partial charge is 0.468 e. The standard InChI is InChI=1S/C8H15NO2S/c1-11-8(10)7(9)6-4-2-3-5-12-6/h6-7H,2-5,9H2,1H3. The Morgan fingerprint density at radius 1 is 1.67 bits per heavy atom. The quantitative estimate of drug-likeness (QED) is 0.652. The molecule has 1 saturated heterocycles. The van der Waals surface area contributed by atoms with Gasteiger partial charge >= 0.3 is 5.97 Å². The van der Waals surface area contributed by atoms with Crippen molar-refractivity contribution in [3.05, 3.63) is 0 Å². The summed E-state index contributed by atoms with van der Waals surface area (Å²) in [5.41, 5.74) is 5.71. The van der Waals surface area contributed by atoms with Crippen LogP contribution in [0.1, 0.15) is 19.3 Å². The monoisotopic (exact) mass is 189 g/mol. The van der Waals surface area contributed by atoms with Crippen molar-refractivity contribution >= 4 is 17.7 Å². The van der Waals surface area contributed by atoms with E-state index in [-0.39, 0.29) is 11.2 Å². The summed E-state index contributed by atoms with van der Waals surface area (Å²) in [5, 5.41) is 0.270. The molecule has 2 unspecified atom stereocenters. The van der Waals surface area contributed by atoms with Crippen molar-refractivity contribution in [2.24, 2.45) is 5.73 Å². The van der Waals surface area contributed by atoms with Gasteiger partial charge in [0.25, 0.3) is 0 Å². The van der Waals surface area contributed by atoms with E-state index in [4.69, 9.17) is 5.73 Å². The molecule has 3 nitrogen and oxygen atoms in total. The van der Waals surface area contributed by atoms with E-state index in [1.54, 1.807) is 11.8 Å². The summed E-state index contributed by atoms with van der Waals surface area (Å²) in [5.74, 6) is 0.837. The highest BCUT2D eigenvalue weighted by Crippen LogP contribution is 2.27. The van der Waals surface area contributed by atoms with Crippen LogP contribution in [-0.2, 0) is 9.53 Å². The molecule has 2 N–H and O–H groups in total.